The maximum Gasteiger partial charge on any atom is 0.262 e. The monoisotopic (exact) mass is 311 g/mol. The van der Waals surface area contributed by atoms with Gasteiger partial charge in [0.2, 0.25) is 0 Å². The van der Waals surface area contributed by atoms with E-state index in [1.54, 1.807) is 12.1 Å². The van der Waals surface area contributed by atoms with E-state index in [9.17, 15) is 8.42 Å². The number of aromatic nitrogens is 1. The lowest BCUT2D eigenvalue weighted by Crippen LogP contribution is -2.37. The molecule has 21 heavy (non-hydrogen) atoms. The van der Waals surface area contributed by atoms with Crippen molar-refractivity contribution in [1.29, 1.82) is 0 Å². The summed E-state index contributed by atoms with van der Waals surface area (Å²) in [7, 11) is -3.59. The molecule has 7 nitrogen and oxygen atoms in total. The molecule has 0 bridgehead atoms. The summed E-state index contributed by atoms with van der Waals surface area (Å²) in [6, 6.07) is 3.61. The molecule has 3 N–H and O–H groups in total. The lowest BCUT2D eigenvalue weighted by molar-refractivity contribution is 0.251. The average molecular weight is 311 g/mol. The first-order valence-corrected chi connectivity index (χ1v) is 8.73. The van der Waals surface area contributed by atoms with Gasteiger partial charge in [-0.05, 0) is 44.5 Å². The number of hydrogen-bond acceptors (Lipinski definition) is 6. The van der Waals surface area contributed by atoms with E-state index in [0.29, 0.717) is 24.8 Å². The zero-order valence-corrected chi connectivity index (χ0v) is 12.7. The molecule has 1 unspecified atom stereocenters. The van der Waals surface area contributed by atoms with E-state index in [1.807, 2.05) is 0 Å². The molecule has 3 rings (SSSR count). The number of anilines is 1. The van der Waals surface area contributed by atoms with Gasteiger partial charge in [0, 0.05) is 25.3 Å². The Hall–Kier alpha value is -1.22. The molecule has 0 spiro atoms. The number of nitrogens with zero attached hydrogens (tertiary/aromatic N) is 3. The molecule has 0 saturated carbocycles. The zero-order chi connectivity index (χ0) is 14.9. The van der Waals surface area contributed by atoms with Crippen LogP contribution in [0.1, 0.15) is 19.3 Å². The second kappa shape index (κ2) is 5.88. The number of sulfonamides is 1. The fourth-order valence-corrected chi connectivity index (χ4v) is 4.72. The quantitative estimate of drug-likeness (QED) is 0.611. The molecule has 2 aliphatic rings. The SMILES string of the molecule is NNc1cccnc1S(=O)(=O)N1CCC(N2CCCC2)C1. The van der Waals surface area contributed by atoms with Gasteiger partial charge in [0.05, 0.1) is 5.69 Å². The third kappa shape index (κ3) is 2.76. The number of likely N-dealkylation sites (tertiary alicyclic amines) is 1. The molecule has 2 aliphatic heterocycles. The van der Waals surface area contributed by atoms with Crippen LogP contribution in [0.25, 0.3) is 0 Å². The molecule has 0 radical (unpaired) electrons. The van der Waals surface area contributed by atoms with Crippen molar-refractivity contribution < 1.29 is 8.42 Å². The zero-order valence-electron chi connectivity index (χ0n) is 11.9. The molecule has 1 aromatic heterocycles. The second-order valence-corrected chi connectivity index (χ2v) is 7.40. The van der Waals surface area contributed by atoms with E-state index in [2.05, 4.69) is 15.3 Å². The predicted octanol–water partition coefficient (Wildman–Crippen LogP) is 0.226. The summed E-state index contributed by atoms with van der Waals surface area (Å²) in [5, 5.41) is 0.00886. The molecule has 3 heterocycles. The highest BCUT2D eigenvalue weighted by Gasteiger charge is 2.37. The summed E-state index contributed by atoms with van der Waals surface area (Å²) in [6.07, 6.45) is 4.79. The lowest BCUT2D eigenvalue weighted by Gasteiger charge is -2.23. The molecule has 2 fully saturated rings. The van der Waals surface area contributed by atoms with Crippen LogP contribution in [-0.4, -0.2) is 54.8 Å². The van der Waals surface area contributed by atoms with Crippen LogP contribution in [0.2, 0.25) is 0 Å². The van der Waals surface area contributed by atoms with Gasteiger partial charge in [-0.15, -0.1) is 0 Å². The largest absolute Gasteiger partial charge is 0.321 e. The standard InChI is InChI=1S/C13H21N5O2S/c14-16-12-4-3-6-15-13(12)21(19,20)18-9-5-11(10-18)17-7-1-2-8-17/h3-4,6,11,16H,1-2,5,7-10,14H2. The Bertz CT molecular complexity index is 600. The van der Waals surface area contributed by atoms with Gasteiger partial charge < -0.3 is 5.43 Å². The first kappa shape index (κ1) is 14.7. The number of nitrogens with two attached hydrogens (primary N) is 1. The Morgan fingerprint density at radius 3 is 2.76 bits per heavy atom. The van der Waals surface area contributed by atoms with Gasteiger partial charge in [0.15, 0.2) is 5.03 Å². The average Bonchev–Trinajstić information content (AvgIpc) is 3.17. The maximum absolute atomic E-state index is 12.7. The summed E-state index contributed by atoms with van der Waals surface area (Å²) >= 11 is 0. The van der Waals surface area contributed by atoms with Crippen LogP contribution in [0.15, 0.2) is 23.4 Å². The normalized spacial score (nSPS) is 24.5. The fourth-order valence-electron chi connectivity index (χ4n) is 3.16. The molecule has 0 amide bonds. The van der Waals surface area contributed by atoms with Crippen LogP contribution >= 0.6 is 0 Å². The summed E-state index contributed by atoms with van der Waals surface area (Å²) in [6.45, 7) is 3.25. The molecule has 0 aromatic carbocycles. The maximum atomic E-state index is 12.7. The van der Waals surface area contributed by atoms with E-state index in [1.165, 1.54) is 23.3 Å². The van der Waals surface area contributed by atoms with Gasteiger partial charge in [-0.25, -0.2) is 13.4 Å². The topological polar surface area (TPSA) is 91.6 Å². The second-order valence-electron chi connectivity index (χ2n) is 5.55. The summed E-state index contributed by atoms with van der Waals surface area (Å²) in [4.78, 5) is 6.40. The third-order valence-electron chi connectivity index (χ3n) is 4.29. The predicted molar refractivity (Wildman–Crippen MR) is 80.0 cm³/mol. The minimum Gasteiger partial charge on any atom is -0.321 e. The van der Waals surface area contributed by atoms with Crippen molar-refractivity contribution in [2.45, 2.75) is 30.3 Å². The van der Waals surface area contributed by atoms with Crippen LogP contribution in [-0.2, 0) is 10.0 Å². The van der Waals surface area contributed by atoms with Crippen molar-refractivity contribution >= 4 is 15.7 Å². The fraction of sp³-hybridized carbons (Fsp3) is 0.615. The Labute approximate surface area is 125 Å². The van der Waals surface area contributed by atoms with Crippen LogP contribution in [0, 0.1) is 0 Å². The van der Waals surface area contributed by atoms with Crippen molar-refractivity contribution in [2.24, 2.45) is 5.84 Å². The van der Waals surface area contributed by atoms with Crippen LogP contribution < -0.4 is 11.3 Å². The van der Waals surface area contributed by atoms with Gasteiger partial charge >= 0.3 is 0 Å². The molecule has 1 atom stereocenters. The number of pyridine rings is 1. The molecular formula is C13H21N5O2S. The number of hydrogen-bond donors (Lipinski definition) is 2. The van der Waals surface area contributed by atoms with E-state index >= 15 is 0 Å². The van der Waals surface area contributed by atoms with Crippen LogP contribution in [0.4, 0.5) is 5.69 Å². The Kier molecular flexibility index (Phi) is 4.12. The lowest BCUT2D eigenvalue weighted by atomic mass is 10.2. The Balaban J connectivity index is 1.79. The summed E-state index contributed by atoms with van der Waals surface area (Å²) in [5.74, 6) is 5.39. The molecular weight excluding hydrogens is 290 g/mol. The Morgan fingerprint density at radius 2 is 2.05 bits per heavy atom. The highest BCUT2D eigenvalue weighted by Crippen LogP contribution is 2.27. The third-order valence-corrected chi connectivity index (χ3v) is 6.12. The number of rotatable bonds is 4. The van der Waals surface area contributed by atoms with Crippen molar-refractivity contribution in [3.8, 4) is 0 Å². The van der Waals surface area contributed by atoms with Crippen LogP contribution in [0.3, 0.4) is 0 Å². The molecule has 116 valence electrons. The number of nitrogens with one attached hydrogen (secondary N) is 1. The molecule has 0 aliphatic carbocycles. The van der Waals surface area contributed by atoms with Crippen molar-refractivity contribution in [3.05, 3.63) is 18.3 Å². The highest BCUT2D eigenvalue weighted by atomic mass is 32.2. The molecule has 2 saturated heterocycles. The first-order valence-electron chi connectivity index (χ1n) is 7.29. The van der Waals surface area contributed by atoms with Gasteiger partial charge in [-0.3, -0.25) is 10.7 Å². The highest BCUT2D eigenvalue weighted by molar-refractivity contribution is 7.89. The van der Waals surface area contributed by atoms with Gasteiger partial charge in [0.1, 0.15) is 0 Å². The van der Waals surface area contributed by atoms with Crippen molar-refractivity contribution in [3.63, 3.8) is 0 Å². The van der Waals surface area contributed by atoms with Gasteiger partial charge in [-0.1, -0.05) is 0 Å². The first-order chi connectivity index (χ1) is 10.1. The molecule has 8 heteroatoms. The van der Waals surface area contributed by atoms with Gasteiger partial charge in [-0.2, -0.15) is 4.31 Å². The smallest absolute Gasteiger partial charge is 0.262 e. The van der Waals surface area contributed by atoms with E-state index in [-0.39, 0.29) is 5.03 Å². The minimum atomic E-state index is -3.59. The summed E-state index contributed by atoms with van der Waals surface area (Å²) in [5.41, 5.74) is 2.75. The van der Waals surface area contributed by atoms with E-state index < -0.39 is 10.0 Å². The van der Waals surface area contributed by atoms with Crippen LogP contribution in [0.5, 0.6) is 0 Å². The minimum absolute atomic E-state index is 0.00886. The van der Waals surface area contributed by atoms with Gasteiger partial charge in [0.25, 0.3) is 10.0 Å². The van der Waals surface area contributed by atoms with E-state index in [4.69, 9.17) is 5.84 Å². The van der Waals surface area contributed by atoms with E-state index in [0.717, 1.165) is 19.5 Å². The molecule has 1 aromatic rings. The summed E-state index contributed by atoms with van der Waals surface area (Å²) < 4.78 is 27.0. The van der Waals surface area contributed by atoms with Crippen molar-refractivity contribution in [2.75, 3.05) is 31.6 Å². The van der Waals surface area contributed by atoms with Crippen molar-refractivity contribution in [1.82, 2.24) is 14.2 Å². The Morgan fingerprint density at radius 1 is 1.29 bits per heavy atom. The number of hydrazine groups is 1. The number of nitrogen functional groups attached to an aromatic ring is 1.